The zero-order chi connectivity index (χ0) is 16.1. The average molecular weight is 320 g/mol. The van der Waals surface area contributed by atoms with Crippen molar-refractivity contribution in [3.63, 3.8) is 0 Å². The van der Waals surface area contributed by atoms with Gasteiger partial charge in [-0.05, 0) is 0 Å². The molecule has 1 nitrogen and oxygen atoms in total. The van der Waals surface area contributed by atoms with Crippen LogP contribution in [0.4, 0.5) is 0 Å². The van der Waals surface area contributed by atoms with E-state index in [1.165, 1.54) is 0 Å². The van der Waals surface area contributed by atoms with Gasteiger partial charge in [0.1, 0.15) is 0 Å². The predicted octanol–water partition coefficient (Wildman–Crippen LogP) is 4.08. The number of hydrogen-bond acceptors (Lipinski definition) is 1. The summed E-state index contributed by atoms with van der Waals surface area (Å²) in [6.07, 6.45) is 0.466. The maximum atomic E-state index is 13.3. The summed E-state index contributed by atoms with van der Waals surface area (Å²) in [7, 11) is 0.739. The molecule has 0 fully saturated rings. The van der Waals surface area contributed by atoms with Gasteiger partial charge >= 0.3 is 139 Å². The second-order valence-corrected chi connectivity index (χ2v) is 7.44. The molecule has 0 unspecified atom stereocenters. The van der Waals surface area contributed by atoms with Gasteiger partial charge < -0.3 is 0 Å². The molecule has 0 radical (unpaired) electrons. The first kappa shape index (κ1) is 15.6. The number of rotatable bonds is 5. The number of ketones is 1. The molecule has 3 aromatic rings. The molecule has 3 rings (SSSR count). The van der Waals surface area contributed by atoms with E-state index in [9.17, 15) is 4.79 Å². The van der Waals surface area contributed by atoms with E-state index in [4.69, 9.17) is 0 Å². The van der Waals surface area contributed by atoms with Gasteiger partial charge in [0.2, 0.25) is 0 Å². The summed E-state index contributed by atoms with van der Waals surface area (Å²) >= 11 is 0. The number of benzene rings is 3. The molecule has 23 heavy (non-hydrogen) atoms. The van der Waals surface area contributed by atoms with Crippen molar-refractivity contribution in [1.29, 1.82) is 0 Å². The van der Waals surface area contributed by atoms with Crippen molar-refractivity contribution in [2.45, 2.75) is 11.6 Å². The third kappa shape index (κ3) is 3.25. The van der Waals surface area contributed by atoms with E-state index in [0.29, 0.717) is 6.42 Å². The molecule has 0 bridgehead atoms. The summed E-state index contributed by atoms with van der Waals surface area (Å²) in [4.78, 5) is 13.3. The average Bonchev–Trinajstić information content (AvgIpc) is 2.63. The molecule has 0 aliphatic carbocycles. The van der Waals surface area contributed by atoms with E-state index < -0.39 is 5.16 Å². The Morgan fingerprint density at radius 1 is 0.696 bits per heavy atom. The summed E-state index contributed by atoms with van der Waals surface area (Å²) in [6, 6.07) is 30.4. The summed E-state index contributed by atoms with van der Waals surface area (Å²) in [5.41, 5.74) is 3.27. The monoisotopic (exact) mass is 320 g/mol. The van der Waals surface area contributed by atoms with Gasteiger partial charge in [-0.2, -0.15) is 0 Å². The van der Waals surface area contributed by atoms with Crippen molar-refractivity contribution >= 4 is 15.0 Å². The molecule has 0 aliphatic heterocycles. The van der Waals surface area contributed by atoms with Crippen LogP contribution in [0.15, 0.2) is 91.0 Å². The zero-order valence-electron chi connectivity index (χ0n) is 13.3. The van der Waals surface area contributed by atoms with Crippen LogP contribution in [-0.4, -0.2) is 5.78 Å². The maximum absolute atomic E-state index is 13.3. The van der Waals surface area contributed by atoms with Crippen molar-refractivity contribution < 1.29 is 4.79 Å². The first-order valence-electron chi connectivity index (χ1n) is 7.89. The van der Waals surface area contributed by atoms with Crippen LogP contribution in [0.1, 0.15) is 16.7 Å². The van der Waals surface area contributed by atoms with Gasteiger partial charge in [-0.3, -0.25) is 0 Å². The number of Topliss-reactive ketones (excluding diaryl/α,β-unsaturated/α-hetero) is 1. The van der Waals surface area contributed by atoms with Crippen molar-refractivity contribution in [1.82, 2.24) is 0 Å². The molecule has 0 saturated heterocycles. The first-order valence-corrected chi connectivity index (χ1v) is 8.89. The molecule has 2 heteroatoms. The molecular formula is C21H21OP. The SMILES string of the molecule is O=C(Cc1ccccc1)C([PH4])(c1ccccc1)c1ccccc1. The molecule has 0 heterocycles. The number of hydrogen-bond donors (Lipinski definition) is 0. The fourth-order valence-corrected chi connectivity index (χ4v) is 3.83. The molecular weight excluding hydrogens is 299 g/mol. The van der Waals surface area contributed by atoms with E-state index in [2.05, 4.69) is 24.3 Å². The predicted molar refractivity (Wildman–Crippen MR) is 101 cm³/mol. The summed E-state index contributed by atoms with van der Waals surface area (Å²) in [6.45, 7) is 0. The summed E-state index contributed by atoms with van der Waals surface area (Å²) in [5, 5.41) is -0.502. The molecule has 0 spiro atoms. The third-order valence-electron chi connectivity index (χ3n) is 4.47. The van der Waals surface area contributed by atoms with Crippen molar-refractivity contribution in [2.75, 3.05) is 0 Å². The van der Waals surface area contributed by atoms with E-state index >= 15 is 0 Å². The first-order chi connectivity index (χ1) is 11.2. The van der Waals surface area contributed by atoms with Gasteiger partial charge in [-0.25, -0.2) is 0 Å². The quantitative estimate of drug-likeness (QED) is 0.647. The molecule has 0 aromatic heterocycles. The topological polar surface area (TPSA) is 17.1 Å². The van der Waals surface area contributed by atoms with E-state index in [0.717, 1.165) is 25.9 Å². The Morgan fingerprint density at radius 2 is 1.09 bits per heavy atom. The van der Waals surface area contributed by atoms with E-state index in [-0.39, 0.29) is 5.78 Å². The van der Waals surface area contributed by atoms with Crippen LogP contribution in [0.2, 0.25) is 0 Å². The van der Waals surface area contributed by atoms with Crippen molar-refractivity contribution in [2.24, 2.45) is 0 Å². The fraction of sp³-hybridized carbons (Fsp3) is 0.0952. The molecule has 0 saturated carbocycles. The van der Waals surface area contributed by atoms with Crippen LogP contribution >= 0.6 is 9.24 Å². The fourth-order valence-electron chi connectivity index (χ4n) is 2.99. The van der Waals surface area contributed by atoms with Gasteiger partial charge in [0.15, 0.2) is 0 Å². The van der Waals surface area contributed by atoms with Crippen LogP contribution in [0, 0.1) is 0 Å². The summed E-state index contributed by atoms with van der Waals surface area (Å²) < 4.78 is 0. The minimum absolute atomic E-state index is 0.271. The van der Waals surface area contributed by atoms with Gasteiger partial charge in [-0.1, -0.05) is 0 Å². The molecule has 0 amide bonds. The molecule has 0 aliphatic rings. The van der Waals surface area contributed by atoms with Crippen molar-refractivity contribution in [3.8, 4) is 0 Å². The van der Waals surface area contributed by atoms with Crippen LogP contribution in [0.5, 0.6) is 0 Å². The van der Waals surface area contributed by atoms with Crippen LogP contribution in [-0.2, 0) is 16.4 Å². The van der Waals surface area contributed by atoms with Gasteiger partial charge in [0.25, 0.3) is 0 Å². The minimum atomic E-state index is -0.502. The van der Waals surface area contributed by atoms with Gasteiger partial charge in [-0.15, -0.1) is 0 Å². The zero-order valence-corrected chi connectivity index (χ0v) is 15.3. The standard InChI is InChI=1S/C21H21OP/c22-20(16-17-10-4-1-5-11-17)21(23,18-12-6-2-7-13-18)19-14-8-3-9-15-19/h1-15H,16H2,23H4. The number of carbonyl (C=O) groups excluding carboxylic acids is 1. The Labute approximate surface area is 139 Å². The second-order valence-electron chi connectivity index (χ2n) is 5.94. The molecule has 0 atom stereocenters. The summed E-state index contributed by atoms with van der Waals surface area (Å²) in [5.74, 6) is 0.271. The van der Waals surface area contributed by atoms with Crippen LogP contribution in [0.25, 0.3) is 0 Å². The Morgan fingerprint density at radius 3 is 1.52 bits per heavy atom. The van der Waals surface area contributed by atoms with E-state index in [1.807, 2.05) is 66.7 Å². The molecule has 0 N–H and O–H groups in total. The second kappa shape index (κ2) is 6.89. The van der Waals surface area contributed by atoms with Crippen molar-refractivity contribution in [3.05, 3.63) is 108 Å². The molecule has 116 valence electrons. The Balaban J connectivity index is 2.04. The Hall–Kier alpha value is -2.24. The normalized spacial score (nSPS) is 11.2. The Bertz CT molecular complexity index is 727. The van der Waals surface area contributed by atoms with E-state index in [1.54, 1.807) is 0 Å². The van der Waals surface area contributed by atoms with Gasteiger partial charge in [0, 0.05) is 0 Å². The molecule has 3 aromatic carbocycles. The van der Waals surface area contributed by atoms with Crippen LogP contribution in [0.3, 0.4) is 0 Å². The van der Waals surface area contributed by atoms with Gasteiger partial charge in [0.05, 0.1) is 0 Å². The van der Waals surface area contributed by atoms with Crippen LogP contribution < -0.4 is 0 Å². The third-order valence-corrected chi connectivity index (χ3v) is 6.18. The number of carbonyl (C=O) groups is 1. The Kier molecular flexibility index (Phi) is 4.69.